The molecule has 3 rings (SSSR count). The molecule has 2 aromatic rings. The van der Waals surface area contributed by atoms with Gasteiger partial charge in [-0.15, -0.1) is 0 Å². The van der Waals surface area contributed by atoms with Gasteiger partial charge < -0.3 is 15.1 Å². The van der Waals surface area contributed by atoms with Crippen molar-refractivity contribution in [3.63, 3.8) is 0 Å². The minimum absolute atomic E-state index is 0.0581. The van der Waals surface area contributed by atoms with Gasteiger partial charge in [0, 0.05) is 37.3 Å². The fraction of sp³-hybridized carbons (Fsp3) is 0.417. The van der Waals surface area contributed by atoms with Gasteiger partial charge in [-0.2, -0.15) is 0 Å². The summed E-state index contributed by atoms with van der Waals surface area (Å²) in [6.07, 6.45) is 3.15. The van der Waals surface area contributed by atoms with E-state index in [1.165, 1.54) is 5.56 Å². The molecule has 0 bridgehead atoms. The van der Waals surface area contributed by atoms with Crippen LogP contribution in [0, 0.1) is 5.92 Å². The highest BCUT2D eigenvalue weighted by Gasteiger charge is 2.24. The molecule has 2 aromatic carbocycles. The lowest BCUT2D eigenvalue weighted by atomic mass is 9.90. The van der Waals surface area contributed by atoms with Crippen LogP contribution in [0.3, 0.4) is 0 Å². The van der Waals surface area contributed by atoms with Crippen LogP contribution in [0.2, 0.25) is 0 Å². The summed E-state index contributed by atoms with van der Waals surface area (Å²) in [5.74, 6) is 0.588. The summed E-state index contributed by atoms with van der Waals surface area (Å²) in [4.78, 5) is 28.9. The predicted molar refractivity (Wildman–Crippen MR) is 116 cm³/mol. The van der Waals surface area contributed by atoms with Gasteiger partial charge in [0.1, 0.15) is 0 Å². The van der Waals surface area contributed by atoms with Crippen molar-refractivity contribution in [2.75, 3.05) is 40.3 Å². The zero-order valence-electron chi connectivity index (χ0n) is 17.4. The molecule has 1 aliphatic rings. The highest BCUT2D eigenvalue weighted by molar-refractivity contribution is 5.97. The van der Waals surface area contributed by atoms with Gasteiger partial charge in [-0.3, -0.25) is 9.59 Å². The second-order valence-corrected chi connectivity index (χ2v) is 8.06. The number of nitrogens with zero attached hydrogens (tertiary/aromatic N) is 2. The van der Waals surface area contributed by atoms with Crippen molar-refractivity contribution < 1.29 is 9.59 Å². The molecule has 29 heavy (non-hydrogen) atoms. The van der Waals surface area contributed by atoms with E-state index in [0.717, 1.165) is 38.9 Å². The number of hydrogen-bond donors (Lipinski definition) is 1. The number of benzene rings is 2. The Kier molecular flexibility index (Phi) is 7.42. The lowest BCUT2D eigenvalue weighted by Crippen LogP contribution is -2.39. The van der Waals surface area contributed by atoms with E-state index in [1.807, 2.05) is 30.0 Å². The average Bonchev–Trinajstić information content (AvgIpc) is 2.74. The van der Waals surface area contributed by atoms with Crippen molar-refractivity contribution in [3.8, 4) is 0 Å². The lowest BCUT2D eigenvalue weighted by molar-refractivity contribution is 0.0690. The molecule has 2 amide bonds. The zero-order chi connectivity index (χ0) is 20.6. The van der Waals surface area contributed by atoms with E-state index < -0.39 is 0 Å². The number of amides is 2. The third kappa shape index (κ3) is 6.16. The summed E-state index contributed by atoms with van der Waals surface area (Å²) >= 11 is 0. The Balaban J connectivity index is 1.49. The van der Waals surface area contributed by atoms with Crippen LogP contribution >= 0.6 is 0 Å². The molecule has 0 radical (unpaired) electrons. The fourth-order valence-electron chi connectivity index (χ4n) is 3.73. The van der Waals surface area contributed by atoms with Gasteiger partial charge in [0.25, 0.3) is 11.8 Å². The normalized spacial score (nSPS) is 14.8. The highest BCUT2D eigenvalue weighted by atomic mass is 16.2. The summed E-state index contributed by atoms with van der Waals surface area (Å²) in [5.41, 5.74) is 2.61. The number of carbonyl (C=O) groups excluding carboxylic acids is 2. The molecule has 0 spiro atoms. The first kappa shape index (κ1) is 21.1. The molecular weight excluding hydrogens is 362 g/mol. The van der Waals surface area contributed by atoms with Crippen LogP contribution in [-0.4, -0.2) is 61.9 Å². The molecule has 5 nitrogen and oxygen atoms in total. The number of piperidine rings is 1. The van der Waals surface area contributed by atoms with Crippen molar-refractivity contribution in [2.24, 2.45) is 5.92 Å². The van der Waals surface area contributed by atoms with Crippen LogP contribution < -0.4 is 5.32 Å². The van der Waals surface area contributed by atoms with Crippen LogP contribution in [0.15, 0.2) is 54.6 Å². The van der Waals surface area contributed by atoms with E-state index in [4.69, 9.17) is 0 Å². The molecular formula is C24H31N3O2. The molecule has 0 saturated carbocycles. The van der Waals surface area contributed by atoms with Crippen molar-refractivity contribution in [1.29, 1.82) is 0 Å². The van der Waals surface area contributed by atoms with Gasteiger partial charge in [0.05, 0.1) is 0 Å². The number of likely N-dealkylation sites (tertiary alicyclic amines) is 1. The Hall–Kier alpha value is -2.66. The number of nitrogens with one attached hydrogen (secondary N) is 1. The minimum Gasteiger partial charge on any atom is -0.351 e. The molecule has 1 heterocycles. The highest BCUT2D eigenvalue weighted by Crippen LogP contribution is 2.23. The van der Waals surface area contributed by atoms with Crippen LogP contribution in [0.5, 0.6) is 0 Å². The SMILES string of the molecule is CN(C)CCNC(=O)c1ccc(C(=O)N2CCC(Cc3ccccc3)CC2)cc1. The van der Waals surface area contributed by atoms with Crippen molar-refractivity contribution in [3.05, 3.63) is 71.3 Å². The largest absolute Gasteiger partial charge is 0.351 e. The summed E-state index contributed by atoms with van der Waals surface area (Å²) < 4.78 is 0. The van der Waals surface area contributed by atoms with Gasteiger partial charge in [-0.25, -0.2) is 0 Å². The summed E-state index contributed by atoms with van der Waals surface area (Å²) in [6, 6.07) is 17.6. The molecule has 154 valence electrons. The molecule has 5 heteroatoms. The van der Waals surface area contributed by atoms with Crippen molar-refractivity contribution in [2.45, 2.75) is 19.3 Å². The number of likely N-dealkylation sites (N-methyl/N-ethyl adjacent to an activating group) is 1. The molecule has 1 aliphatic heterocycles. The molecule has 1 N–H and O–H groups in total. The van der Waals surface area contributed by atoms with Crippen LogP contribution in [0.25, 0.3) is 0 Å². The van der Waals surface area contributed by atoms with Gasteiger partial charge in [-0.1, -0.05) is 30.3 Å². The van der Waals surface area contributed by atoms with Crippen LogP contribution in [0.4, 0.5) is 0 Å². The van der Waals surface area contributed by atoms with Crippen molar-refractivity contribution in [1.82, 2.24) is 15.1 Å². The monoisotopic (exact) mass is 393 g/mol. The Morgan fingerprint density at radius 2 is 1.59 bits per heavy atom. The van der Waals surface area contributed by atoms with Gasteiger partial charge >= 0.3 is 0 Å². The Bertz CT molecular complexity index is 795. The van der Waals surface area contributed by atoms with E-state index in [1.54, 1.807) is 24.3 Å². The Labute approximate surface area is 173 Å². The van der Waals surface area contributed by atoms with Crippen LogP contribution in [-0.2, 0) is 6.42 Å². The molecule has 0 atom stereocenters. The Morgan fingerprint density at radius 1 is 0.966 bits per heavy atom. The van der Waals surface area contributed by atoms with Crippen molar-refractivity contribution >= 4 is 11.8 Å². The molecule has 1 saturated heterocycles. The summed E-state index contributed by atoms with van der Waals surface area (Å²) in [5, 5.41) is 2.89. The number of rotatable bonds is 7. The van der Waals surface area contributed by atoms with Crippen LogP contribution in [0.1, 0.15) is 39.1 Å². The maximum atomic E-state index is 12.8. The molecule has 0 unspecified atom stereocenters. The third-order valence-electron chi connectivity index (χ3n) is 5.51. The molecule has 1 fully saturated rings. The predicted octanol–water partition coefficient (Wildman–Crippen LogP) is 3.07. The van der Waals surface area contributed by atoms with E-state index >= 15 is 0 Å². The second kappa shape index (κ2) is 10.2. The van der Waals surface area contributed by atoms with Gasteiger partial charge in [0.15, 0.2) is 0 Å². The van der Waals surface area contributed by atoms with E-state index in [-0.39, 0.29) is 11.8 Å². The summed E-state index contributed by atoms with van der Waals surface area (Å²) in [7, 11) is 3.94. The number of hydrogen-bond acceptors (Lipinski definition) is 3. The standard InChI is InChI=1S/C24H31N3O2/c1-26(2)17-14-25-23(28)21-8-10-22(11-9-21)24(29)27-15-12-20(13-16-27)18-19-6-4-3-5-7-19/h3-11,20H,12-18H2,1-2H3,(H,25,28). The average molecular weight is 394 g/mol. The van der Waals surface area contributed by atoms with Gasteiger partial charge in [0.2, 0.25) is 0 Å². The van der Waals surface area contributed by atoms with E-state index in [0.29, 0.717) is 23.6 Å². The van der Waals surface area contributed by atoms with E-state index in [9.17, 15) is 9.59 Å². The zero-order valence-corrected chi connectivity index (χ0v) is 17.4. The van der Waals surface area contributed by atoms with E-state index in [2.05, 4.69) is 29.6 Å². The number of carbonyl (C=O) groups is 2. The molecule has 0 aromatic heterocycles. The second-order valence-electron chi connectivity index (χ2n) is 8.06. The Morgan fingerprint density at radius 3 is 2.21 bits per heavy atom. The molecule has 0 aliphatic carbocycles. The first-order valence-electron chi connectivity index (χ1n) is 10.4. The van der Waals surface area contributed by atoms with Gasteiger partial charge in [-0.05, 0) is 69.1 Å². The lowest BCUT2D eigenvalue weighted by Gasteiger charge is -2.32. The first-order chi connectivity index (χ1) is 14.0. The minimum atomic E-state index is -0.104. The smallest absolute Gasteiger partial charge is 0.253 e. The maximum Gasteiger partial charge on any atom is 0.253 e. The fourth-order valence-corrected chi connectivity index (χ4v) is 3.73. The first-order valence-corrected chi connectivity index (χ1v) is 10.4. The third-order valence-corrected chi connectivity index (χ3v) is 5.51. The topological polar surface area (TPSA) is 52.7 Å². The quantitative estimate of drug-likeness (QED) is 0.787. The maximum absolute atomic E-state index is 12.8. The summed E-state index contributed by atoms with van der Waals surface area (Å²) in [6.45, 7) is 2.99.